The quantitative estimate of drug-likeness (QED) is 0.0166. The Balaban J connectivity index is -0.000000225. The average molecular weight is 1290 g/mol. The van der Waals surface area contributed by atoms with E-state index < -0.39 is 16.5 Å². The van der Waals surface area contributed by atoms with Crippen molar-refractivity contribution in [3.8, 4) is 0 Å². The largest absolute Gasteiger partial charge is 0.478 e. The number of carboxylic acids is 1. The highest BCUT2D eigenvalue weighted by molar-refractivity contribution is 8.15. The molecule has 1 N–H and O–H groups in total. The molecule has 0 fully saturated rings. The zero-order valence-electron chi connectivity index (χ0n) is 42.9. The third-order valence-corrected chi connectivity index (χ3v) is 13.8. The Morgan fingerprint density at radius 1 is 0.427 bits per heavy atom. The lowest BCUT2D eigenvalue weighted by atomic mass is 10.3. The van der Waals surface area contributed by atoms with Crippen LogP contribution in [-0.4, -0.2) is 189 Å². The molecule has 0 unspecified atom stereocenters. The van der Waals surface area contributed by atoms with Gasteiger partial charge in [0.1, 0.15) is 0 Å². The molecule has 28 heteroatoms. The van der Waals surface area contributed by atoms with Crippen LogP contribution >= 0.6 is 144 Å². The van der Waals surface area contributed by atoms with E-state index in [-0.39, 0.29) is 75.3 Å². The smallest absolute Gasteiger partial charge is 0.330 e. The molecular weight excluding hydrogens is 1210 g/mol. The first kappa shape index (κ1) is 86.4. The van der Waals surface area contributed by atoms with E-state index in [1.807, 2.05) is 13.8 Å². The predicted molar refractivity (Wildman–Crippen MR) is 333 cm³/mol. The summed E-state index contributed by atoms with van der Waals surface area (Å²) in [5.74, 6) is 5.52. The molecule has 0 aliphatic heterocycles. The van der Waals surface area contributed by atoms with E-state index in [2.05, 4.69) is 63.7 Å². The maximum absolute atomic E-state index is 11.8. The van der Waals surface area contributed by atoms with Gasteiger partial charge in [-0.05, 0) is 42.6 Å². The van der Waals surface area contributed by atoms with Crippen molar-refractivity contribution in [3.05, 3.63) is 24.3 Å². The SMILES string of the molecule is C.C=C(C)C(=O)O.C=C(C)C(=O)SCCOCCSC(=O)CCC(=O)SCCOCCSC(=O)C(C)C.O=C(CCC(=O)SCCOCCS)SCCOCCS.O=C(Cl)CCC(=O)Cl.SCCOCCOCCS. The van der Waals surface area contributed by atoms with E-state index in [9.17, 15) is 43.2 Å². The molecule has 0 aliphatic rings. The lowest BCUT2D eigenvalue weighted by Crippen LogP contribution is -2.08. The Labute approximate surface area is 504 Å². The summed E-state index contributed by atoms with van der Waals surface area (Å²) in [4.78, 5) is 98.7. The maximum Gasteiger partial charge on any atom is 0.330 e. The van der Waals surface area contributed by atoms with Crippen LogP contribution in [0.4, 0.5) is 0 Å². The summed E-state index contributed by atoms with van der Waals surface area (Å²) >= 11 is 33.0. The Kier molecular flexibility index (Phi) is 78.8. The second kappa shape index (κ2) is 68.4. The third-order valence-electron chi connectivity index (χ3n) is 6.98. The summed E-state index contributed by atoms with van der Waals surface area (Å²) in [5, 5.41) is 7.00. The Bertz CT molecular complexity index is 1480. The van der Waals surface area contributed by atoms with E-state index >= 15 is 0 Å². The van der Waals surface area contributed by atoms with Gasteiger partial charge in [-0.2, -0.15) is 50.5 Å². The molecule has 0 rings (SSSR count). The minimum Gasteiger partial charge on any atom is -0.478 e. The van der Waals surface area contributed by atoms with Gasteiger partial charge in [-0.15, -0.1) is 0 Å². The minimum absolute atomic E-state index is 0. The fourth-order valence-electron chi connectivity index (χ4n) is 3.42. The number of rotatable bonds is 41. The van der Waals surface area contributed by atoms with Crippen LogP contribution in [-0.2, 0) is 71.6 Å². The van der Waals surface area contributed by atoms with Crippen molar-refractivity contribution in [2.75, 3.05) is 137 Å². The molecule has 0 radical (unpaired) electrons. The first-order chi connectivity index (χ1) is 35.1. The molecule has 0 saturated heterocycles. The molecule has 0 amide bonds. The van der Waals surface area contributed by atoms with Crippen LogP contribution in [0.25, 0.3) is 0 Å². The van der Waals surface area contributed by atoms with Crippen molar-refractivity contribution in [1.82, 2.24) is 0 Å². The first-order valence-corrected chi connectivity index (χ1v) is 32.1. The van der Waals surface area contributed by atoms with Gasteiger partial charge >= 0.3 is 5.97 Å². The van der Waals surface area contributed by atoms with Gasteiger partial charge in [-0.3, -0.25) is 38.4 Å². The van der Waals surface area contributed by atoms with Gasteiger partial charge in [0.2, 0.25) is 15.6 Å². The fraction of sp³-hybridized carbons (Fsp3) is 0.723. The van der Waals surface area contributed by atoms with Crippen molar-refractivity contribution in [3.63, 3.8) is 0 Å². The fourth-order valence-corrected chi connectivity index (χ4v) is 8.20. The van der Waals surface area contributed by atoms with Crippen molar-refractivity contribution >= 4 is 191 Å². The van der Waals surface area contributed by atoms with Crippen molar-refractivity contribution in [1.29, 1.82) is 0 Å². The van der Waals surface area contributed by atoms with Crippen LogP contribution in [0.2, 0.25) is 0 Å². The van der Waals surface area contributed by atoms with Gasteiger partial charge in [-0.25, -0.2) is 4.79 Å². The van der Waals surface area contributed by atoms with Crippen molar-refractivity contribution in [2.24, 2.45) is 5.92 Å². The van der Waals surface area contributed by atoms with E-state index in [0.717, 1.165) is 23.3 Å². The highest BCUT2D eigenvalue weighted by atomic mass is 35.5. The molecule has 0 aromatic carbocycles. The zero-order chi connectivity index (χ0) is 57.2. The molecule has 0 bridgehead atoms. The lowest BCUT2D eigenvalue weighted by Gasteiger charge is -2.05. The summed E-state index contributed by atoms with van der Waals surface area (Å²) in [6, 6.07) is 0. The summed E-state index contributed by atoms with van der Waals surface area (Å²) in [7, 11) is 0. The van der Waals surface area contributed by atoms with Crippen LogP contribution in [0.3, 0.4) is 0 Å². The first-order valence-electron chi connectivity index (χ1n) is 22.9. The maximum atomic E-state index is 11.8. The highest BCUT2D eigenvalue weighted by Crippen LogP contribution is 2.15. The van der Waals surface area contributed by atoms with E-state index in [1.54, 1.807) is 6.92 Å². The second-order valence-electron chi connectivity index (χ2n) is 14.0. The van der Waals surface area contributed by atoms with Crippen LogP contribution in [0.5, 0.6) is 0 Å². The Morgan fingerprint density at radius 2 is 0.667 bits per heavy atom. The number of aliphatic carboxylic acids is 1. The Hall–Kier alpha value is 0.150. The number of carbonyl (C=O) groups is 9. The monoisotopic (exact) mass is 1290 g/mol. The Morgan fingerprint density at radius 3 is 0.893 bits per heavy atom. The molecule has 440 valence electrons. The number of carboxylic acid groups (broad SMARTS) is 1. The normalized spacial score (nSPS) is 10.1. The number of ether oxygens (including phenoxy) is 6. The van der Waals surface area contributed by atoms with Crippen LogP contribution in [0.1, 0.15) is 73.6 Å². The number of thioether (sulfide) groups is 6. The molecule has 0 spiro atoms. The number of thiol groups is 4. The van der Waals surface area contributed by atoms with Gasteiger partial charge in [0.05, 0.1) is 79.3 Å². The van der Waals surface area contributed by atoms with Gasteiger partial charge in [0.15, 0.2) is 25.6 Å². The summed E-state index contributed by atoms with van der Waals surface area (Å²) in [5.41, 5.74) is 0.699. The van der Waals surface area contributed by atoms with Gasteiger partial charge in [-0.1, -0.05) is 105 Å². The minimum atomic E-state index is -0.935. The summed E-state index contributed by atoms with van der Waals surface area (Å²) in [6.45, 7) is 20.4. The predicted octanol–water partition coefficient (Wildman–Crippen LogP) is 9.71. The third kappa shape index (κ3) is 83.1. The summed E-state index contributed by atoms with van der Waals surface area (Å²) < 4.78 is 31.4. The molecule has 0 aromatic rings. The molecule has 0 heterocycles. The molecule has 0 atom stereocenters. The van der Waals surface area contributed by atoms with Crippen LogP contribution in [0, 0.1) is 5.92 Å². The number of hydrogen-bond donors (Lipinski definition) is 5. The molecule has 0 aliphatic carbocycles. The van der Waals surface area contributed by atoms with Crippen molar-refractivity contribution < 1.29 is 76.7 Å². The van der Waals surface area contributed by atoms with Crippen LogP contribution in [0.15, 0.2) is 24.3 Å². The number of carbonyl (C=O) groups excluding carboxylic acids is 8. The van der Waals surface area contributed by atoms with Gasteiger partial charge in [0.25, 0.3) is 0 Å². The number of halogens is 2. The van der Waals surface area contributed by atoms with Crippen LogP contribution < -0.4 is 0 Å². The standard InChI is InChI=1S/C20H32O6S4.C12H22O4S4.C6H14O2S2.C4H4Cl2O2.C4H6O2.CH4/c1-15(2)19(23)29-13-9-25-7-11-27-17(21)5-6-18(22)28-12-8-26-10-14-30-20(24)16(3)4;13-11(19-9-5-15-3-7-17)1-2-12(14)20-10-6-16-4-8-18;9-5-3-7-1-2-8-4-6-10;5-3(7)1-2-4(6)8;1-3(2)4(5)6;/h16H,1,5-14H2,2-4H3;17-18H,1-10H2;9-10H,1-6H2;1-2H2;1H2,2H3,(H,5,6);1H4. The highest BCUT2D eigenvalue weighted by Gasteiger charge is 2.11. The lowest BCUT2D eigenvalue weighted by molar-refractivity contribution is -0.132. The van der Waals surface area contributed by atoms with Gasteiger partial charge < -0.3 is 33.5 Å². The van der Waals surface area contributed by atoms with E-state index in [1.165, 1.54) is 65.7 Å². The average Bonchev–Trinajstić information content (AvgIpc) is 3.35. The van der Waals surface area contributed by atoms with E-state index in [4.69, 9.17) is 56.7 Å². The number of hydrogen-bond acceptors (Lipinski definition) is 25. The zero-order valence-corrected chi connectivity index (χ0v) is 52.8. The molecular formula is C47H82Cl2O16S10. The molecule has 0 saturated carbocycles. The topological polar surface area (TPSA) is 229 Å². The second-order valence-corrected chi connectivity index (χ2v) is 23.4. The molecule has 16 nitrogen and oxygen atoms in total. The van der Waals surface area contributed by atoms with Gasteiger partial charge in [0, 0.05) is 108 Å². The summed E-state index contributed by atoms with van der Waals surface area (Å²) in [6.07, 6.45) is 1.08. The molecule has 75 heavy (non-hydrogen) atoms. The van der Waals surface area contributed by atoms with E-state index in [0.29, 0.717) is 144 Å². The van der Waals surface area contributed by atoms with Crippen molar-refractivity contribution in [2.45, 2.75) is 73.6 Å². The molecule has 0 aromatic heterocycles.